The summed E-state index contributed by atoms with van der Waals surface area (Å²) in [5, 5.41) is 2.56. The highest BCUT2D eigenvalue weighted by Gasteiger charge is 2.25. The number of ether oxygens (including phenoxy) is 2. The molecule has 1 aromatic carbocycles. The van der Waals surface area contributed by atoms with Gasteiger partial charge in [-0.3, -0.25) is 0 Å². The van der Waals surface area contributed by atoms with E-state index in [0.717, 1.165) is 6.42 Å². The van der Waals surface area contributed by atoms with E-state index in [2.05, 4.69) is 10.3 Å². The molecule has 0 saturated heterocycles. The van der Waals surface area contributed by atoms with Crippen LogP contribution in [0.1, 0.15) is 40.0 Å². The van der Waals surface area contributed by atoms with Gasteiger partial charge in [-0.2, -0.15) is 0 Å². The minimum atomic E-state index is -0.844. The quantitative estimate of drug-likeness (QED) is 0.175. The number of nitrogens with one attached hydrogen (secondary N) is 1. The normalized spacial score (nSPS) is 12.0. The number of carbonyl (C=O) groups excluding carboxylic acids is 2. The molecule has 0 radical (unpaired) electrons. The molecule has 0 aromatic heterocycles. The summed E-state index contributed by atoms with van der Waals surface area (Å²) >= 11 is 0. The van der Waals surface area contributed by atoms with E-state index in [9.17, 15) is 9.59 Å². The Labute approximate surface area is 159 Å². The highest BCUT2D eigenvalue weighted by molar-refractivity contribution is 5.83. The smallest absolute Gasteiger partial charge is 0.408 e. The Kier molecular flexibility index (Phi) is 8.53. The number of carbonyl (C=O) groups is 2. The first-order chi connectivity index (χ1) is 12.6. The lowest BCUT2D eigenvalue weighted by molar-refractivity contribution is -0.137. The molecule has 0 unspecified atom stereocenters. The Morgan fingerprint density at radius 1 is 1.15 bits per heavy atom. The molecule has 0 saturated carbocycles. The minimum absolute atomic E-state index is 0.0683. The second kappa shape index (κ2) is 10.4. The molecule has 0 aliphatic carbocycles. The van der Waals surface area contributed by atoms with Crippen LogP contribution in [0.5, 0.6) is 5.75 Å². The van der Waals surface area contributed by atoms with Crippen molar-refractivity contribution in [3.05, 3.63) is 24.3 Å². The molecule has 0 bridgehead atoms. The Morgan fingerprint density at radius 2 is 1.78 bits per heavy atom. The van der Waals surface area contributed by atoms with Crippen LogP contribution < -0.4 is 27.3 Å². The predicted molar refractivity (Wildman–Crippen MR) is 104 cm³/mol. The van der Waals surface area contributed by atoms with Gasteiger partial charge in [-0.25, -0.2) is 14.6 Å². The van der Waals surface area contributed by atoms with E-state index in [0.29, 0.717) is 30.8 Å². The Hall–Kier alpha value is -2.81. The van der Waals surface area contributed by atoms with E-state index in [1.54, 1.807) is 45.0 Å². The van der Waals surface area contributed by atoms with Gasteiger partial charge in [-0.15, -0.1) is 0 Å². The van der Waals surface area contributed by atoms with Gasteiger partial charge in [0, 0.05) is 0 Å². The van der Waals surface area contributed by atoms with Crippen LogP contribution in [0.3, 0.4) is 0 Å². The van der Waals surface area contributed by atoms with E-state index < -0.39 is 23.7 Å². The van der Waals surface area contributed by atoms with Crippen molar-refractivity contribution in [3.63, 3.8) is 0 Å². The van der Waals surface area contributed by atoms with E-state index in [1.165, 1.54) is 0 Å². The molecule has 9 heteroatoms. The van der Waals surface area contributed by atoms with Crippen molar-refractivity contribution < 1.29 is 19.1 Å². The van der Waals surface area contributed by atoms with Crippen LogP contribution in [-0.2, 0) is 9.53 Å². The van der Waals surface area contributed by atoms with Crippen molar-refractivity contribution in [2.24, 2.45) is 22.2 Å². The van der Waals surface area contributed by atoms with Crippen LogP contribution in [-0.4, -0.2) is 36.2 Å². The molecule has 0 spiro atoms. The molecule has 1 aromatic rings. The molecule has 7 N–H and O–H groups in total. The molecular formula is C18H29N5O4. The number of nitrogens with two attached hydrogens (primary N) is 3. The largest absolute Gasteiger partial charge is 0.444 e. The molecule has 0 fully saturated rings. The fourth-order valence-corrected chi connectivity index (χ4v) is 2.12. The molecule has 0 heterocycles. The highest BCUT2D eigenvalue weighted by Crippen LogP contribution is 2.19. The molecule has 27 heavy (non-hydrogen) atoms. The number of guanidine groups is 1. The summed E-state index contributed by atoms with van der Waals surface area (Å²) in [6.45, 7) is 5.73. The number of benzene rings is 1. The summed E-state index contributed by atoms with van der Waals surface area (Å²) in [6.07, 6.45) is 1.10. The van der Waals surface area contributed by atoms with Crippen molar-refractivity contribution in [1.82, 2.24) is 5.32 Å². The standard InChI is InChI=1S/C18H29N5O4/c1-18(2,3)27-17(25)23-14(6-4-5-11-19)15(24)26-13-9-7-12(8-10-13)22-16(20)21/h7-10,14H,4-6,11,19H2,1-3H3,(H,23,25)(H4,20,21,22)/t14-/m0/s1. The van der Waals surface area contributed by atoms with Crippen LogP contribution in [0, 0.1) is 0 Å². The third-order valence-corrected chi connectivity index (χ3v) is 3.24. The molecule has 1 atom stereocenters. The lowest BCUT2D eigenvalue weighted by Gasteiger charge is -2.23. The zero-order chi connectivity index (χ0) is 20.4. The van der Waals surface area contributed by atoms with Gasteiger partial charge in [0.25, 0.3) is 0 Å². The summed E-state index contributed by atoms with van der Waals surface area (Å²) in [7, 11) is 0. The van der Waals surface area contributed by atoms with Gasteiger partial charge in [-0.1, -0.05) is 0 Å². The van der Waals surface area contributed by atoms with E-state index in [-0.39, 0.29) is 5.96 Å². The number of unbranched alkanes of at least 4 members (excludes halogenated alkanes) is 1. The lowest BCUT2D eigenvalue weighted by Crippen LogP contribution is -2.45. The van der Waals surface area contributed by atoms with Gasteiger partial charge >= 0.3 is 12.1 Å². The average Bonchev–Trinajstić information content (AvgIpc) is 2.53. The molecule has 0 aliphatic rings. The first-order valence-corrected chi connectivity index (χ1v) is 8.71. The third-order valence-electron chi connectivity index (χ3n) is 3.24. The molecule has 9 nitrogen and oxygen atoms in total. The maximum atomic E-state index is 12.5. The average molecular weight is 379 g/mol. The van der Waals surface area contributed by atoms with Crippen LogP contribution in [0.4, 0.5) is 10.5 Å². The zero-order valence-corrected chi connectivity index (χ0v) is 16.0. The molecule has 0 aliphatic heterocycles. The lowest BCUT2D eigenvalue weighted by atomic mass is 10.1. The van der Waals surface area contributed by atoms with Crippen LogP contribution in [0.15, 0.2) is 29.3 Å². The van der Waals surface area contributed by atoms with Crippen molar-refractivity contribution in [3.8, 4) is 5.75 Å². The maximum Gasteiger partial charge on any atom is 0.408 e. The molecule has 150 valence electrons. The van der Waals surface area contributed by atoms with E-state index in [1.807, 2.05) is 0 Å². The number of rotatable bonds is 8. The maximum absolute atomic E-state index is 12.5. The third kappa shape index (κ3) is 9.45. The summed E-state index contributed by atoms with van der Waals surface area (Å²) in [5.74, 6) is -0.349. The van der Waals surface area contributed by atoms with E-state index in [4.69, 9.17) is 26.7 Å². The second-order valence-electron chi connectivity index (χ2n) is 6.93. The predicted octanol–water partition coefficient (Wildman–Crippen LogP) is 1.52. The van der Waals surface area contributed by atoms with Crippen LogP contribution in [0.2, 0.25) is 0 Å². The number of hydrogen-bond donors (Lipinski definition) is 4. The highest BCUT2D eigenvalue weighted by atomic mass is 16.6. The first kappa shape index (κ1) is 22.2. The number of alkyl carbamates (subject to hydrolysis) is 1. The topological polar surface area (TPSA) is 155 Å². The van der Waals surface area contributed by atoms with Gasteiger partial charge in [0.05, 0.1) is 5.69 Å². The fourth-order valence-electron chi connectivity index (χ4n) is 2.12. The van der Waals surface area contributed by atoms with Crippen molar-refractivity contribution in [2.45, 2.75) is 51.7 Å². The SMILES string of the molecule is CC(C)(C)OC(=O)N[C@@H](CCCCN)C(=O)Oc1ccc(N=C(N)N)cc1. The Morgan fingerprint density at radius 3 is 2.30 bits per heavy atom. The van der Waals surface area contributed by atoms with Gasteiger partial charge in [-0.05, 0) is 70.8 Å². The zero-order valence-electron chi connectivity index (χ0n) is 16.0. The number of aliphatic imine (C=N–C) groups is 1. The minimum Gasteiger partial charge on any atom is -0.444 e. The number of nitrogens with zero attached hydrogens (tertiary/aromatic N) is 1. The van der Waals surface area contributed by atoms with Crippen LogP contribution >= 0.6 is 0 Å². The van der Waals surface area contributed by atoms with Crippen LogP contribution in [0.25, 0.3) is 0 Å². The summed E-state index contributed by atoms with van der Waals surface area (Å²) in [4.78, 5) is 28.4. The van der Waals surface area contributed by atoms with Gasteiger partial charge in [0.1, 0.15) is 17.4 Å². The van der Waals surface area contributed by atoms with Crippen molar-refractivity contribution in [2.75, 3.05) is 6.54 Å². The van der Waals surface area contributed by atoms with Gasteiger partial charge in [0.2, 0.25) is 0 Å². The number of esters is 1. The number of amides is 1. The Balaban J connectivity index is 2.76. The summed E-state index contributed by atoms with van der Waals surface area (Å²) < 4.78 is 10.6. The molecule has 1 rings (SSSR count). The van der Waals surface area contributed by atoms with E-state index >= 15 is 0 Å². The fraction of sp³-hybridized carbons (Fsp3) is 0.500. The molecular weight excluding hydrogens is 350 g/mol. The molecule has 1 amide bonds. The van der Waals surface area contributed by atoms with Gasteiger partial charge in [0.15, 0.2) is 5.96 Å². The second-order valence-corrected chi connectivity index (χ2v) is 6.93. The van der Waals surface area contributed by atoms with Crippen molar-refractivity contribution in [1.29, 1.82) is 0 Å². The summed E-state index contributed by atoms with van der Waals surface area (Å²) in [5.41, 5.74) is 16.0. The monoisotopic (exact) mass is 379 g/mol. The van der Waals surface area contributed by atoms with Gasteiger partial charge < -0.3 is 32.0 Å². The summed E-state index contributed by atoms with van der Waals surface area (Å²) in [6, 6.07) is 5.48. The van der Waals surface area contributed by atoms with Crippen molar-refractivity contribution >= 4 is 23.7 Å². The Bertz CT molecular complexity index is 649. The number of hydrogen-bond acceptors (Lipinski definition) is 6. The first-order valence-electron chi connectivity index (χ1n) is 8.71.